The van der Waals surface area contributed by atoms with Gasteiger partial charge in [0.25, 0.3) is 0 Å². The van der Waals surface area contributed by atoms with Crippen LogP contribution in [-0.2, 0) is 23.8 Å². The molecular formula is C61H92O5. The summed E-state index contributed by atoms with van der Waals surface area (Å²) in [6, 6.07) is 0. The molecule has 0 rings (SSSR count). The fraction of sp³-hybridized carbons (Fsp3) is 0.508. The Morgan fingerprint density at radius 1 is 0.333 bits per heavy atom. The van der Waals surface area contributed by atoms with Crippen LogP contribution in [0.4, 0.5) is 0 Å². The first-order chi connectivity index (χ1) is 32.6. The van der Waals surface area contributed by atoms with Gasteiger partial charge in [0.2, 0.25) is 0 Å². The quantitative estimate of drug-likeness (QED) is 0.0346. The molecule has 0 saturated heterocycles. The highest BCUT2D eigenvalue weighted by molar-refractivity contribution is 5.70. The van der Waals surface area contributed by atoms with Crippen LogP contribution in [0.2, 0.25) is 0 Å². The van der Waals surface area contributed by atoms with Crippen molar-refractivity contribution in [2.75, 3.05) is 19.8 Å². The minimum atomic E-state index is -0.625. The largest absolute Gasteiger partial charge is 0.462 e. The topological polar surface area (TPSA) is 61.8 Å². The van der Waals surface area contributed by atoms with E-state index in [4.69, 9.17) is 14.2 Å². The maximum atomic E-state index is 12.8. The lowest BCUT2D eigenvalue weighted by atomic mass is 10.1. The zero-order valence-corrected chi connectivity index (χ0v) is 41.9. The van der Waals surface area contributed by atoms with Crippen LogP contribution in [0, 0.1) is 0 Å². The maximum absolute atomic E-state index is 12.8. The van der Waals surface area contributed by atoms with E-state index in [9.17, 15) is 9.59 Å². The van der Waals surface area contributed by atoms with Gasteiger partial charge in [0.15, 0.2) is 6.10 Å². The molecule has 0 aliphatic carbocycles. The number of unbranched alkanes of at least 4 members (excludes halogenated alkanes) is 5. The highest BCUT2D eigenvalue weighted by Crippen LogP contribution is 2.09. The molecule has 0 heterocycles. The second kappa shape index (κ2) is 54.6. The normalized spacial score (nSPS) is 13.7. The first-order valence-electron chi connectivity index (χ1n) is 25.7. The molecule has 0 spiro atoms. The van der Waals surface area contributed by atoms with Gasteiger partial charge in [-0.1, -0.05) is 197 Å². The summed E-state index contributed by atoms with van der Waals surface area (Å²) in [6.45, 7) is 7.23. The Bertz CT molecular complexity index is 1540. The zero-order chi connectivity index (χ0) is 47.7. The summed E-state index contributed by atoms with van der Waals surface area (Å²) < 4.78 is 17.2. The van der Waals surface area contributed by atoms with Gasteiger partial charge in [-0.15, -0.1) is 0 Å². The van der Waals surface area contributed by atoms with Crippen molar-refractivity contribution in [3.8, 4) is 0 Å². The first kappa shape index (κ1) is 61.3. The molecule has 0 saturated carbocycles. The minimum Gasteiger partial charge on any atom is -0.462 e. The fourth-order valence-corrected chi connectivity index (χ4v) is 6.04. The number of rotatable bonds is 44. The van der Waals surface area contributed by atoms with Gasteiger partial charge in [-0.05, 0) is 135 Å². The number of hydrogen-bond donors (Lipinski definition) is 0. The zero-order valence-electron chi connectivity index (χ0n) is 41.9. The Labute approximate surface area is 405 Å². The lowest BCUT2D eigenvalue weighted by Gasteiger charge is -2.18. The van der Waals surface area contributed by atoms with E-state index in [1.165, 1.54) is 0 Å². The van der Waals surface area contributed by atoms with E-state index in [0.29, 0.717) is 19.4 Å². The predicted octanol–water partition coefficient (Wildman–Crippen LogP) is 17.7. The third-order valence-corrected chi connectivity index (χ3v) is 9.74. The van der Waals surface area contributed by atoms with Crippen molar-refractivity contribution >= 4 is 11.9 Å². The maximum Gasteiger partial charge on any atom is 0.306 e. The van der Waals surface area contributed by atoms with Gasteiger partial charge in [0, 0.05) is 19.4 Å². The van der Waals surface area contributed by atoms with Crippen molar-refractivity contribution < 1.29 is 23.8 Å². The van der Waals surface area contributed by atoms with E-state index in [2.05, 4.69) is 185 Å². The summed E-state index contributed by atoms with van der Waals surface area (Å²) in [5.41, 5.74) is 0. The fourth-order valence-electron chi connectivity index (χ4n) is 6.04. The summed E-state index contributed by atoms with van der Waals surface area (Å²) in [4.78, 5) is 25.4. The van der Waals surface area contributed by atoms with Crippen molar-refractivity contribution in [1.82, 2.24) is 0 Å². The molecule has 0 aromatic rings. The smallest absolute Gasteiger partial charge is 0.306 e. The number of ether oxygens (including phenoxy) is 3. The molecule has 5 heteroatoms. The Hall–Kier alpha value is -4.74. The lowest BCUT2D eigenvalue weighted by molar-refractivity contribution is -0.162. The molecule has 5 nitrogen and oxygen atoms in total. The Morgan fingerprint density at radius 2 is 0.667 bits per heavy atom. The number of carbonyl (C=O) groups excluding carboxylic acids is 2. The summed E-state index contributed by atoms with van der Waals surface area (Å²) in [7, 11) is 0. The highest BCUT2D eigenvalue weighted by Gasteiger charge is 2.17. The Kier molecular flexibility index (Phi) is 50.7. The van der Waals surface area contributed by atoms with Crippen molar-refractivity contribution in [2.24, 2.45) is 0 Å². The molecule has 0 amide bonds. The van der Waals surface area contributed by atoms with Crippen LogP contribution in [0.25, 0.3) is 0 Å². The Balaban J connectivity index is 4.53. The van der Waals surface area contributed by atoms with E-state index in [1.54, 1.807) is 0 Å². The molecule has 1 atom stereocenters. The van der Waals surface area contributed by atoms with Crippen LogP contribution in [0.3, 0.4) is 0 Å². The van der Waals surface area contributed by atoms with E-state index in [0.717, 1.165) is 135 Å². The van der Waals surface area contributed by atoms with Gasteiger partial charge in [0.1, 0.15) is 6.61 Å². The van der Waals surface area contributed by atoms with Crippen molar-refractivity contribution in [2.45, 2.75) is 181 Å². The lowest BCUT2D eigenvalue weighted by Crippen LogP contribution is -2.30. The molecule has 1 unspecified atom stereocenters. The number of esters is 2. The molecule has 0 aliphatic heterocycles. The average molecular weight is 905 g/mol. The van der Waals surface area contributed by atoms with E-state index in [-0.39, 0.29) is 31.6 Å². The van der Waals surface area contributed by atoms with Gasteiger partial charge >= 0.3 is 11.9 Å². The molecule has 0 aromatic carbocycles. The molecule has 0 fully saturated rings. The first-order valence-corrected chi connectivity index (χ1v) is 25.7. The monoisotopic (exact) mass is 905 g/mol. The molecule has 66 heavy (non-hydrogen) atoms. The Morgan fingerprint density at radius 3 is 1.05 bits per heavy atom. The second-order valence-electron chi connectivity index (χ2n) is 15.9. The van der Waals surface area contributed by atoms with Crippen LogP contribution in [0.1, 0.15) is 175 Å². The average Bonchev–Trinajstić information content (AvgIpc) is 3.32. The van der Waals surface area contributed by atoms with E-state index in [1.807, 2.05) is 6.08 Å². The minimum absolute atomic E-state index is 0.00855. The molecule has 366 valence electrons. The van der Waals surface area contributed by atoms with Crippen LogP contribution in [-0.4, -0.2) is 37.9 Å². The number of hydrogen-bond acceptors (Lipinski definition) is 5. The molecule has 0 bridgehead atoms. The standard InChI is InChI=1S/C61H92O5/c1-4-7-10-13-16-19-22-25-27-29-31-32-34-37-39-42-45-48-51-54-60(62)65-58-59(66-61(63)55-52-49-46-43-40-36-24-21-18-15-12-9-6-3)57-64-56-53-50-47-44-41-38-35-33-30-28-26-23-20-17-14-11-8-5-2/h7-12,16-21,25-28,31-33,35-37,39-41,44,46,49,59H,4-6,13-15,22-24,29-30,34,38,42-43,45,47-48,50-58H2,1-3H3/b10-7-,11-8-,12-9-,19-16-,20-17-,21-18-,27-25-,28-26-,32-31-,35-33-,39-37-,40-36-,44-41-,49-46-. The third kappa shape index (κ3) is 51.9. The van der Waals surface area contributed by atoms with Crippen LogP contribution in [0.15, 0.2) is 170 Å². The van der Waals surface area contributed by atoms with E-state index < -0.39 is 6.10 Å². The summed E-state index contributed by atoms with van der Waals surface area (Å²) >= 11 is 0. The van der Waals surface area contributed by atoms with Gasteiger partial charge in [-0.25, -0.2) is 0 Å². The van der Waals surface area contributed by atoms with Gasteiger partial charge < -0.3 is 14.2 Å². The second-order valence-corrected chi connectivity index (χ2v) is 15.9. The molecule has 0 aliphatic rings. The molecule has 0 aromatic heterocycles. The van der Waals surface area contributed by atoms with Gasteiger partial charge in [-0.2, -0.15) is 0 Å². The van der Waals surface area contributed by atoms with Crippen LogP contribution >= 0.6 is 0 Å². The highest BCUT2D eigenvalue weighted by atomic mass is 16.6. The molecular weight excluding hydrogens is 813 g/mol. The number of allylic oxidation sites excluding steroid dienone is 28. The predicted molar refractivity (Wildman–Crippen MR) is 287 cm³/mol. The summed E-state index contributed by atoms with van der Waals surface area (Å²) in [6.07, 6.45) is 82.4. The van der Waals surface area contributed by atoms with Crippen molar-refractivity contribution in [3.05, 3.63) is 170 Å². The SMILES string of the molecule is CC/C=C\C/C=C\C/C=C\C/C=C\C/C=C\CCCCCC(=O)OCC(COCCCC/C=C\C/C=C\C/C=C\C/C=C\C/C=C\CC)OC(=O)CC/C=C\C/C=C\C/C=C\C/C=C\CC. The number of carbonyl (C=O) groups is 2. The van der Waals surface area contributed by atoms with Crippen LogP contribution in [0.5, 0.6) is 0 Å². The van der Waals surface area contributed by atoms with Gasteiger partial charge in [-0.3, -0.25) is 9.59 Å². The van der Waals surface area contributed by atoms with Crippen molar-refractivity contribution in [1.29, 1.82) is 0 Å². The van der Waals surface area contributed by atoms with E-state index >= 15 is 0 Å². The summed E-state index contributed by atoms with van der Waals surface area (Å²) in [5, 5.41) is 0. The third-order valence-electron chi connectivity index (χ3n) is 9.74. The summed E-state index contributed by atoms with van der Waals surface area (Å²) in [5.74, 6) is -0.571. The molecule has 0 radical (unpaired) electrons. The van der Waals surface area contributed by atoms with Gasteiger partial charge in [0.05, 0.1) is 6.61 Å². The molecule has 0 N–H and O–H groups in total. The van der Waals surface area contributed by atoms with Crippen molar-refractivity contribution in [3.63, 3.8) is 0 Å². The van der Waals surface area contributed by atoms with Crippen LogP contribution < -0.4 is 0 Å².